The Bertz CT molecular complexity index is 1110. The van der Waals surface area contributed by atoms with Gasteiger partial charge in [0.05, 0.1) is 31.1 Å². The molecule has 3 aromatic rings. The summed E-state index contributed by atoms with van der Waals surface area (Å²) in [6.45, 7) is 2.49. The topological polar surface area (TPSA) is 84.2 Å². The third-order valence-corrected chi connectivity index (χ3v) is 5.65. The predicted octanol–water partition coefficient (Wildman–Crippen LogP) is 3.88. The fourth-order valence-corrected chi connectivity index (χ4v) is 3.87. The van der Waals surface area contributed by atoms with E-state index in [-0.39, 0.29) is 11.7 Å². The van der Waals surface area contributed by atoms with E-state index in [0.29, 0.717) is 35.1 Å². The SMILES string of the molecule is COc1ccc(CCNC(=O)CSc2nc3c(C)cccc3cc2C#N)cc1OC. The molecule has 0 aliphatic rings. The number of pyridine rings is 1. The van der Waals surface area contributed by atoms with Crippen LogP contribution in [0.1, 0.15) is 16.7 Å². The number of benzene rings is 2. The summed E-state index contributed by atoms with van der Waals surface area (Å²) in [7, 11) is 3.19. The number of aryl methyl sites for hydroxylation is 1. The van der Waals surface area contributed by atoms with Crippen LogP contribution in [-0.2, 0) is 11.2 Å². The summed E-state index contributed by atoms with van der Waals surface area (Å²) in [4.78, 5) is 16.9. The van der Waals surface area contributed by atoms with Crippen LogP contribution in [0.3, 0.4) is 0 Å². The molecule has 0 unspecified atom stereocenters. The molecule has 1 heterocycles. The number of methoxy groups -OCH3 is 2. The van der Waals surface area contributed by atoms with Crippen LogP contribution in [0.25, 0.3) is 10.9 Å². The first kappa shape index (κ1) is 21.5. The lowest BCUT2D eigenvalue weighted by Crippen LogP contribution is -2.27. The van der Waals surface area contributed by atoms with Gasteiger partial charge >= 0.3 is 0 Å². The molecule has 30 heavy (non-hydrogen) atoms. The van der Waals surface area contributed by atoms with Crippen LogP contribution < -0.4 is 14.8 Å². The monoisotopic (exact) mass is 421 g/mol. The molecule has 0 radical (unpaired) electrons. The lowest BCUT2D eigenvalue weighted by molar-refractivity contribution is -0.118. The molecular weight excluding hydrogens is 398 g/mol. The molecule has 1 N–H and O–H groups in total. The summed E-state index contributed by atoms with van der Waals surface area (Å²) < 4.78 is 10.5. The molecule has 0 saturated carbocycles. The summed E-state index contributed by atoms with van der Waals surface area (Å²) in [6, 6.07) is 15.6. The van der Waals surface area contributed by atoms with E-state index in [4.69, 9.17) is 9.47 Å². The van der Waals surface area contributed by atoms with Gasteiger partial charge in [-0.2, -0.15) is 5.26 Å². The molecule has 6 nitrogen and oxygen atoms in total. The maximum absolute atomic E-state index is 12.3. The van der Waals surface area contributed by atoms with Crippen molar-refractivity contribution in [2.75, 3.05) is 26.5 Å². The Morgan fingerprint density at radius 2 is 1.97 bits per heavy atom. The highest BCUT2D eigenvalue weighted by atomic mass is 32.2. The first-order chi connectivity index (χ1) is 14.5. The molecule has 0 aliphatic carbocycles. The quantitative estimate of drug-likeness (QED) is 0.556. The Morgan fingerprint density at radius 3 is 2.70 bits per heavy atom. The maximum Gasteiger partial charge on any atom is 0.230 e. The number of nitrogens with one attached hydrogen (secondary N) is 1. The van der Waals surface area contributed by atoms with Crippen molar-refractivity contribution >= 4 is 28.6 Å². The molecular formula is C23H23N3O3S. The fourth-order valence-electron chi connectivity index (χ4n) is 3.09. The first-order valence-corrected chi connectivity index (χ1v) is 10.4. The Kier molecular flexibility index (Phi) is 7.15. The normalized spacial score (nSPS) is 10.5. The summed E-state index contributed by atoms with van der Waals surface area (Å²) in [5, 5.41) is 13.9. The lowest BCUT2D eigenvalue weighted by Gasteiger charge is -2.10. The number of carbonyl (C=O) groups is 1. The zero-order valence-corrected chi connectivity index (χ0v) is 18.0. The van der Waals surface area contributed by atoms with Crippen molar-refractivity contribution in [3.63, 3.8) is 0 Å². The Balaban J connectivity index is 1.57. The minimum absolute atomic E-state index is 0.101. The third-order valence-electron chi connectivity index (χ3n) is 4.66. The third kappa shape index (κ3) is 5.02. The van der Waals surface area contributed by atoms with Crippen LogP contribution in [0.15, 0.2) is 47.5 Å². The van der Waals surface area contributed by atoms with Crippen molar-refractivity contribution in [2.24, 2.45) is 0 Å². The van der Waals surface area contributed by atoms with Gasteiger partial charge in [0, 0.05) is 11.9 Å². The molecule has 1 amide bonds. The van der Waals surface area contributed by atoms with Gasteiger partial charge in [-0.3, -0.25) is 4.79 Å². The number of ether oxygens (including phenoxy) is 2. The van der Waals surface area contributed by atoms with E-state index in [2.05, 4.69) is 16.4 Å². The number of para-hydroxylation sites is 1. The number of thioether (sulfide) groups is 1. The van der Waals surface area contributed by atoms with Crippen molar-refractivity contribution in [3.05, 3.63) is 59.2 Å². The van der Waals surface area contributed by atoms with Gasteiger partial charge in [0.1, 0.15) is 11.1 Å². The number of nitriles is 1. The second-order valence-electron chi connectivity index (χ2n) is 6.68. The van der Waals surface area contributed by atoms with Crippen LogP contribution in [0, 0.1) is 18.3 Å². The summed E-state index contributed by atoms with van der Waals surface area (Å²) >= 11 is 1.28. The first-order valence-electron chi connectivity index (χ1n) is 9.46. The number of carbonyl (C=O) groups excluding carboxylic acids is 1. The Morgan fingerprint density at radius 1 is 1.17 bits per heavy atom. The smallest absolute Gasteiger partial charge is 0.230 e. The van der Waals surface area contributed by atoms with Crippen molar-refractivity contribution in [3.8, 4) is 17.6 Å². The molecule has 2 aromatic carbocycles. The zero-order chi connectivity index (χ0) is 21.5. The van der Waals surface area contributed by atoms with Crippen LogP contribution in [0.4, 0.5) is 0 Å². The second kappa shape index (κ2) is 9.99. The van der Waals surface area contributed by atoms with Crippen molar-refractivity contribution in [2.45, 2.75) is 18.4 Å². The number of hydrogen-bond acceptors (Lipinski definition) is 6. The number of nitrogens with zero attached hydrogens (tertiary/aromatic N) is 2. The van der Waals surface area contributed by atoms with E-state index in [1.54, 1.807) is 14.2 Å². The molecule has 3 rings (SSSR count). The molecule has 154 valence electrons. The van der Waals surface area contributed by atoms with Gasteiger partial charge < -0.3 is 14.8 Å². The van der Waals surface area contributed by atoms with Crippen LogP contribution >= 0.6 is 11.8 Å². The standard InChI is InChI=1S/C23H23N3O3S/c1-15-5-4-6-17-12-18(13-24)23(26-22(15)17)30-14-21(27)25-10-9-16-7-8-19(28-2)20(11-16)29-3/h4-8,11-12H,9-10,14H2,1-3H3,(H,25,27). The van der Waals surface area contributed by atoms with Crippen LogP contribution in [0.5, 0.6) is 11.5 Å². The average Bonchev–Trinajstić information content (AvgIpc) is 2.77. The van der Waals surface area contributed by atoms with Gasteiger partial charge in [-0.25, -0.2) is 4.98 Å². The molecule has 7 heteroatoms. The number of rotatable bonds is 8. The molecule has 0 saturated heterocycles. The van der Waals surface area contributed by atoms with E-state index in [1.165, 1.54) is 11.8 Å². The number of fused-ring (bicyclic) bond motifs is 1. The Labute approximate surface area is 180 Å². The molecule has 0 aliphatic heterocycles. The van der Waals surface area contributed by atoms with Gasteiger partial charge in [0.15, 0.2) is 11.5 Å². The second-order valence-corrected chi connectivity index (χ2v) is 7.64. The van der Waals surface area contributed by atoms with E-state index < -0.39 is 0 Å². The van der Waals surface area contributed by atoms with Gasteiger partial charge in [0.25, 0.3) is 0 Å². The van der Waals surface area contributed by atoms with Crippen LogP contribution in [-0.4, -0.2) is 37.4 Å². The summed E-state index contributed by atoms with van der Waals surface area (Å²) in [5.41, 5.74) is 3.42. The van der Waals surface area contributed by atoms with Crippen molar-refractivity contribution in [1.82, 2.24) is 10.3 Å². The zero-order valence-electron chi connectivity index (χ0n) is 17.2. The predicted molar refractivity (Wildman–Crippen MR) is 118 cm³/mol. The average molecular weight is 422 g/mol. The fraction of sp³-hybridized carbons (Fsp3) is 0.261. The van der Waals surface area contributed by atoms with Gasteiger partial charge in [-0.05, 0) is 42.7 Å². The highest BCUT2D eigenvalue weighted by molar-refractivity contribution is 8.00. The highest BCUT2D eigenvalue weighted by Crippen LogP contribution is 2.28. The Hall–Kier alpha value is -3.24. The van der Waals surface area contributed by atoms with E-state index in [0.717, 1.165) is 22.0 Å². The van der Waals surface area contributed by atoms with Gasteiger partial charge in [-0.15, -0.1) is 0 Å². The van der Waals surface area contributed by atoms with Crippen molar-refractivity contribution in [1.29, 1.82) is 5.26 Å². The minimum Gasteiger partial charge on any atom is -0.493 e. The number of amides is 1. The molecule has 0 bridgehead atoms. The number of aromatic nitrogens is 1. The van der Waals surface area contributed by atoms with E-state index in [9.17, 15) is 10.1 Å². The summed E-state index contributed by atoms with van der Waals surface area (Å²) in [5.74, 6) is 1.44. The van der Waals surface area contributed by atoms with E-state index >= 15 is 0 Å². The van der Waals surface area contributed by atoms with Crippen LogP contribution in [0.2, 0.25) is 0 Å². The molecule has 0 atom stereocenters. The van der Waals surface area contributed by atoms with E-state index in [1.807, 2.05) is 49.4 Å². The summed E-state index contributed by atoms with van der Waals surface area (Å²) in [6.07, 6.45) is 0.674. The molecule has 0 spiro atoms. The number of hydrogen-bond donors (Lipinski definition) is 1. The molecule has 0 fully saturated rings. The van der Waals surface area contributed by atoms with Gasteiger partial charge in [0.2, 0.25) is 5.91 Å². The minimum atomic E-state index is -0.101. The lowest BCUT2D eigenvalue weighted by atomic mass is 10.1. The molecule has 1 aromatic heterocycles. The van der Waals surface area contributed by atoms with Gasteiger partial charge in [-0.1, -0.05) is 36.0 Å². The van der Waals surface area contributed by atoms with Crippen molar-refractivity contribution < 1.29 is 14.3 Å². The maximum atomic E-state index is 12.3. The highest BCUT2D eigenvalue weighted by Gasteiger charge is 2.11. The largest absolute Gasteiger partial charge is 0.493 e.